The molecular formula is C19H28N4O. The van der Waals surface area contributed by atoms with E-state index in [0.29, 0.717) is 5.89 Å². The van der Waals surface area contributed by atoms with Gasteiger partial charge in [-0.2, -0.15) is 4.98 Å². The maximum atomic E-state index is 5.38. The van der Waals surface area contributed by atoms with Crippen molar-refractivity contribution in [3.8, 4) is 0 Å². The number of anilines is 2. The molecule has 1 N–H and O–H groups in total. The summed E-state index contributed by atoms with van der Waals surface area (Å²) in [7, 11) is 0. The zero-order chi connectivity index (χ0) is 16.8. The number of rotatable bonds is 7. The molecule has 1 fully saturated rings. The van der Waals surface area contributed by atoms with Crippen LogP contribution in [0.5, 0.6) is 0 Å². The predicted octanol–water partition coefficient (Wildman–Crippen LogP) is 4.58. The summed E-state index contributed by atoms with van der Waals surface area (Å²) in [6, 6.07) is 8.67. The van der Waals surface area contributed by atoms with E-state index in [-0.39, 0.29) is 6.04 Å². The van der Waals surface area contributed by atoms with Gasteiger partial charge in [-0.05, 0) is 56.9 Å². The SMILES string of the molecule is CCCCc1noc(C(C)Nc2ccc(N3CCCCC3)cc2)n1. The summed E-state index contributed by atoms with van der Waals surface area (Å²) < 4.78 is 5.38. The third-order valence-corrected chi connectivity index (χ3v) is 4.58. The van der Waals surface area contributed by atoms with Crippen LogP contribution in [-0.2, 0) is 6.42 Å². The summed E-state index contributed by atoms with van der Waals surface area (Å²) in [5.74, 6) is 1.46. The van der Waals surface area contributed by atoms with Crippen molar-refractivity contribution in [2.45, 2.75) is 58.4 Å². The van der Waals surface area contributed by atoms with Gasteiger partial charge in [0.2, 0.25) is 5.89 Å². The second kappa shape index (κ2) is 8.18. The van der Waals surface area contributed by atoms with Crippen LogP contribution in [-0.4, -0.2) is 23.2 Å². The van der Waals surface area contributed by atoms with Gasteiger partial charge < -0.3 is 14.7 Å². The molecule has 5 nitrogen and oxygen atoms in total. The van der Waals surface area contributed by atoms with Crippen molar-refractivity contribution < 1.29 is 4.52 Å². The average molecular weight is 328 g/mol. The molecule has 2 aromatic rings. The molecule has 1 aromatic heterocycles. The monoisotopic (exact) mass is 328 g/mol. The van der Waals surface area contributed by atoms with Crippen LogP contribution in [0.4, 0.5) is 11.4 Å². The van der Waals surface area contributed by atoms with E-state index in [9.17, 15) is 0 Å². The van der Waals surface area contributed by atoms with E-state index < -0.39 is 0 Å². The second-order valence-corrected chi connectivity index (χ2v) is 6.61. The van der Waals surface area contributed by atoms with E-state index in [1.54, 1.807) is 0 Å². The lowest BCUT2D eigenvalue weighted by Crippen LogP contribution is -2.29. The highest BCUT2D eigenvalue weighted by molar-refractivity contribution is 5.55. The average Bonchev–Trinajstić information content (AvgIpc) is 3.10. The van der Waals surface area contributed by atoms with E-state index in [1.807, 2.05) is 0 Å². The Bertz CT molecular complexity index is 617. The van der Waals surface area contributed by atoms with Crippen LogP contribution in [0, 0.1) is 0 Å². The zero-order valence-electron chi connectivity index (χ0n) is 14.8. The molecule has 0 radical (unpaired) electrons. The summed E-state index contributed by atoms with van der Waals surface area (Å²) in [4.78, 5) is 6.95. The molecule has 1 saturated heterocycles. The predicted molar refractivity (Wildman–Crippen MR) is 97.5 cm³/mol. The summed E-state index contributed by atoms with van der Waals surface area (Å²) >= 11 is 0. The Balaban J connectivity index is 1.57. The van der Waals surface area contributed by atoms with Gasteiger partial charge in [-0.1, -0.05) is 18.5 Å². The van der Waals surface area contributed by atoms with Gasteiger partial charge in [-0.15, -0.1) is 0 Å². The molecule has 1 unspecified atom stereocenters. The zero-order valence-corrected chi connectivity index (χ0v) is 14.8. The first-order valence-corrected chi connectivity index (χ1v) is 9.20. The first-order valence-electron chi connectivity index (χ1n) is 9.20. The molecule has 0 bridgehead atoms. The molecule has 1 aliphatic heterocycles. The lowest BCUT2D eigenvalue weighted by atomic mass is 10.1. The molecule has 3 rings (SSSR count). The van der Waals surface area contributed by atoms with Crippen LogP contribution < -0.4 is 10.2 Å². The quantitative estimate of drug-likeness (QED) is 0.806. The minimum Gasteiger partial charge on any atom is -0.374 e. The molecule has 24 heavy (non-hydrogen) atoms. The minimum atomic E-state index is 0.00807. The van der Waals surface area contributed by atoms with Crippen LogP contribution >= 0.6 is 0 Å². The molecule has 0 saturated carbocycles. The molecule has 0 spiro atoms. The first kappa shape index (κ1) is 16.8. The van der Waals surface area contributed by atoms with Crippen LogP contribution in [0.3, 0.4) is 0 Å². The Labute approximate surface area is 144 Å². The summed E-state index contributed by atoms with van der Waals surface area (Å²) in [6.45, 7) is 6.56. The number of hydrogen-bond acceptors (Lipinski definition) is 5. The van der Waals surface area contributed by atoms with Gasteiger partial charge in [-0.3, -0.25) is 0 Å². The maximum absolute atomic E-state index is 5.38. The van der Waals surface area contributed by atoms with E-state index in [0.717, 1.165) is 30.8 Å². The van der Waals surface area contributed by atoms with Gasteiger partial charge in [0.25, 0.3) is 0 Å². The molecule has 5 heteroatoms. The van der Waals surface area contributed by atoms with Crippen molar-refractivity contribution in [2.24, 2.45) is 0 Å². The normalized spacial score (nSPS) is 16.2. The van der Waals surface area contributed by atoms with Crippen molar-refractivity contribution in [3.63, 3.8) is 0 Å². The number of nitrogens with zero attached hydrogens (tertiary/aromatic N) is 3. The Morgan fingerprint density at radius 3 is 2.62 bits per heavy atom. The van der Waals surface area contributed by atoms with Crippen molar-refractivity contribution in [2.75, 3.05) is 23.3 Å². The number of unbranched alkanes of at least 4 members (excludes halogenated alkanes) is 1. The van der Waals surface area contributed by atoms with Crippen molar-refractivity contribution in [1.29, 1.82) is 0 Å². The largest absolute Gasteiger partial charge is 0.374 e. The lowest BCUT2D eigenvalue weighted by molar-refractivity contribution is 0.362. The number of nitrogens with one attached hydrogen (secondary N) is 1. The highest BCUT2D eigenvalue weighted by atomic mass is 16.5. The summed E-state index contributed by atoms with van der Waals surface area (Å²) in [5.41, 5.74) is 2.39. The fourth-order valence-electron chi connectivity index (χ4n) is 3.11. The minimum absolute atomic E-state index is 0.00807. The van der Waals surface area contributed by atoms with Gasteiger partial charge in [0.05, 0.1) is 0 Å². The molecule has 0 amide bonds. The molecule has 0 aliphatic carbocycles. The molecular weight excluding hydrogens is 300 g/mol. The van der Waals surface area contributed by atoms with Crippen LogP contribution in [0.15, 0.2) is 28.8 Å². The van der Waals surface area contributed by atoms with E-state index in [4.69, 9.17) is 4.52 Å². The molecule has 2 heterocycles. The number of hydrogen-bond donors (Lipinski definition) is 1. The van der Waals surface area contributed by atoms with Crippen LogP contribution in [0.1, 0.15) is 63.7 Å². The highest BCUT2D eigenvalue weighted by Gasteiger charge is 2.15. The molecule has 1 atom stereocenters. The number of aryl methyl sites for hydroxylation is 1. The first-order chi connectivity index (χ1) is 11.8. The lowest BCUT2D eigenvalue weighted by Gasteiger charge is -2.29. The van der Waals surface area contributed by atoms with Crippen LogP contribution in [0.2, 0.25) is 0 Å². The summed E-state index contributed by atoms with van der Waals surface area (Å²) in [6.07, 6.45) is 7.08. The Morgan fingerprint density at radius 2 is 1.92 bits per heavy atom. The maximum Gasteiger partial charge on any atom is 0.248 e. The Hall–Kier alpha value is -2.04. The molecule has 1 aromatic carbocycles. The standard InChI is InChI=1S/C19H28N4O/c1-3-4-8-18-21-19(24-22-18)15(2)20-16-9-11-17(12-10-16)23-13-6-5-7-14-23/h9-12,15,20H,3-8,13-14H2,1-2H3. The van der Waals surface area contributed by atoms with E-state index in [1.165, 1.54) is 38.0 Å². The number of aromatic nitrogens is 2. The topological polar surface area (TPSA) is 54.2 Å². The van der Waals surface area contributed by atoms with Gasteiger partial charge in [0.15, 0.2) is 5.82 Å². The fraction of sp³-hybridized carbons (Fsp3) is 0.579. The smallest absolute Gasteiger partial charge is 0.248 e. The van der Waals surface area contributed by atoms with Crippen molar-refractivity contribution >= 4 is 11.4 Å². The van der Waals surface area contributed by atoms with Gasteiger partial charge in [-0.25, -0.2) is 0 Å². The Morgan fingerprint density at radius 1 is 1.17 bits per heavy atom. The van der Waals surface area contributed by atoms with Gasteiger partial charge in [0.1, 0.15) is 6.04 Å². The third kappa shape index (κ3) is 4.28. The molecule has 130 valence electrons. The van der Waals surface area contributed by atoms with Crippen LogP contribution in [0.25, 0.3) is 0 Å². The highest BCUT2D eigenvalue weighted by Crippen LogP contribution is 2.24. The van der Waals surface area contributed by atoms with Gasteiger partial charge in [0, 0.05) is 30.9 Å². The van der Waals surface area contributed by atoms with E-state index >= 15 is 0 Å². The van der Waals surface area contributed by atoms with Crippen molar-refractivity contribution in [3.05, 3.63) is 36.0 Å². The van der Waals surface area contributed by atoms with Crippen molar-refractivity contribution in [1.82, 2.24) is 10.1 Å². The van der Waals surface area contributed by atoms with E-state index in [2.05, 4.69) is 58.5 Å². The second-order valence-electron chi connectivity index (χ2n) is 6.61. The Kier molecular flexibility index (Phi) is 5.72. The van der Waals surface area contributed by atoms with Gasteiger partial charge >= 0.3 is 0 Å². The third-order valence-electron chi connectivity index (χ3n) is 4.58. The number of piperidine rings is 1. The molecule has 1 aliphatic rings. The fourth-order valence-corrected chi connectivity index (χ4v) is 3.11. The summed E-state index contributed by atoms with van der Waals surface area (Å²) in [5, 5.41) is 7.50. The number of benzene rings is 1.